The van der Waals surface area contributed by atoms with Crippen LogP contribution in [0.1, 0.15) is 10.5 Å². The zero-order valence-corrected chi connectivity index (χ0v) is 11.5. The standard InChI is InChI=1S/C13H7Cl2N3O2/c14-9-4-3-8(6-10(9)15)18-13(11(7-19)16-17-18)12-2-1-5-20-12/h1-7H. The summed E-state index contributed by atoms with van der Waals surface area (Å²) in [5.74, 6) is 0.489. The van der Waals surface area contributed by atoms with Crippen molar-refractivity contribution in [2.45, 2.75) is 0 Å². The number of benzene rings is 1. The van der Waals surface area contributed by atoms with Gasteiger partial charge in [-0.2, -0.15) is 0 Å². The zero-order valence-electron chi connectivity index (χ0n) is 9.96. The van der Waals surface area contributed by atoms with E-state index in [2.05, 4.69) is 10.3 Å². The Morgan fingerprint density at radius 3 is 2.70 bits per heavy atom. The van der Waals surface area contributed by atoms with Crippen LogP contribution >= 0.6 is 23.2 Å². The van der Waals surface area contributed by atoms with Gasteiger partial charge in [-0.25, -0.2) is 4.68 Å². The van der Waals surface area contributed by atoms with Gasteiger partial charge >= 0.3 is 0 Å². The molecule has 1 aromatic carbocycles. The number of furan rings is 1. The monoisotopic (exact) mass is 307 g/mol. The quantitative estimate of drug-likeness (QED) is 0.693. The van der Waals surface area contributed by atoms with E-state index in [4.69, 9.17) is 27.6 Å². The molecule has 0 unspecified atom stereocenters. The molecule has 20 heavy (non-hydrogen) atoms. The smallest absolute Gasteiger partial charge is 0.172 e. The van der Waals surface area contributed by atoms with Gasteiger partial charge in [0, 0.05) is 0 Å². The van der Waals surface area contributed by atoms with Crippen molar-refractivity contribution in [1.29, 1.82) is 0 Å². The Morgan fingerprint density at radius 1 is 1.20 bits per heavy atom. The third-order valence-corrected chi connectivity index (χ3v) is 3.45. The zero-order chi connectivity index (χ0) is 14.1. The van der Waals surface area contributed by atoms with E-state index in [0.717, 1.165) is 0 Å². The van der Waals surface area contributed by atoms with Gasteiger partial charge in [-0.1, -0.05) is 28.4 Å². The molecule has 7 heteroatoms. The van der Waals surface area contributed by atoms with Crippen molar-refractivity contribution in [3.05, 3.63) is 52.3 Å². The second-order valence-electron chi connectivity index (χ2n) is 3.93. The fourth-order valence-electron chi connectivity index (χ4n) is 1.81. The minimum absolute atomic E-state index is 0.186. The molecule has 2 aromatic heterocycles. The first-order valence-electron chi connectivity index (χ1n) is 5.61. The second kappa shape index (κ2) is 5.11. The molecular weight excluding hydrogens is 301 g/mol. The summed E-state index contributed by atoms with van der Waals surface area (Å²) in [6.07, 6.45) is 2.13. The van der Waals surface area contributed by atoms with E-state index in [0.29, 0.717) is 33.5 Å². The van der Waals surface area contributed by atoms with E-state index < -0.39 is 0 Å². The Labute approximate surface area is 123 Å². The molecule has 0 aliphatic rings. The van der Waals surface area contributed by atoms with Gasteiger partial charge in [-0.3, -0.25) is 4.79 Å². The van der Waals surface area contributed by atoms with Crippen LogP contribution in [0.15, 0.2) is 41.0 Å². The van der Waals surface area contributed by atoms with Gasteiger partial charge in [0.2, 0.25) is 0 Å². The lowest BCUT2D eigenvalue weighted by atomic mass is 10.2. The second-order valence-corrected chi connectivity index (χ2v) is 4.74. The van der Waals surface area contributed by atoms with E-state index in [1.807, 2.05) is 0 Å². The Morgan fingerprint density at radius 2 is 2.05 bits per heavy atom. The van der Waals surface area contributed by atoms with Crippen LogP contribution in [-0.2, 0) is 0 Å². The number of aldehydes is 1. The number of aromatic nitrogens is 3. The number of nitrogens with zero attached hydrogens (tertiary/aromatic N) is 3. The molecule has 0 saturated carbocycles. The third-order valence-electron chi connectivity index (χ3n) is 2.71. The molecule has 0 amide bonds. The number of rotatable bonds is 3. The Bertz CT molecular complexity index is 766. The predicted molar refractivity (Wildman–Crippen MR) is 74.5 cm³/mol. The van der Waals surface area contributed by atoms with Gasteiger partial charge in [0.15, 0.2) is 17.7 Å². The molecule has 0 saturated heterocycles. The molecule has 3 rings (SSSR count). The van der Waals surface area contributed by atoms with E-state index in [1.54, 1.807) is 30.3 Å². The first-order chi connectivity index (χ1) is 9.70. The molecule has 0 spiro atoms. The molecule has 0 aliphatic heterocycles. The normalized spacial score (nSPS) is 10.7. The van der Waals surface area contributed by atoms with E-state index in [1.165, 1.54) is 10.9 Å². The van der Waals surface area contributed by atoms with E-state index in [9.17, 15) is 4.79 Å². The summed E-state index contributed by atoms with van der Waals surface area (Å²) < 4.78 is 6.79. The van der Waals surface area contributed by atoms with Crippen LogP contribution in [0.2, 0.25) is 10.0 Å². The summed E-state index contributed by atoms with van der Waals surface area (Å²) in [7, 11) is 0. The maximum absolute atomic E-state index is 11.1. The fourth-order valence-corrected chi connectivity index (χ4v) is 2.11. The molecule has 0 bridgehead atoms. The molecule has 100 valence electrons. The molecule has 0 atom stereocenters. The van der Waals surface area contributed by atoms with Crippen molar-refractivity contribution in [2.75, 3.05) is 0 Å². The van der Waals surface area contributed by atoms with Gasteiger partial charge in [0.25, 0.3) is 0 Å². The first kappa shape index (κ1) is 12.9. The molecule has 0 aliphatic carbocycles. The highest BCUT2D eigenvalue weighted by Crippen LogP contribution is 2.28. The van der Waals surface area contributed by atoms with E-state index >= 15 is 0 Å². The molecule has 5 nitrogen and oxygen atoms in total. The average Bonchev–Trinajstić information content (AvgIpc) is 3.09. The van der Waals surface area contributed by atoms with Crippen LogP contribution in [0.4, 0.5) is 0 Å². The largest absolute Gasteiger partial charge is 0.463 e. The lowest BCUT2D eigenvalue weighted by Crippen LogP contribution is -1.99. The molecule has 0 fully saturated rings. The highest BCUT2D eigenvalue weighted by Gasteiger charge is 2.18. The summed E-state index contributed by atoms with van der Waals surface area (Å²) in [5.41, 5.74) is 1.28. The number of halogens is 2. The highest BCUT2D eigenvalue weighted by molar-refractivity contribution is 6.42. The lowest BCUT2D eigenvalue weighted by molar-refractivity contribution is 0.111. The Balaban J connectivity index is 2.21. The van der Waals surface area contributed by atoms with Crippen LogP contribution in [0.3, 0.4) is 0 Å². The van der Waals surface area contributed by atoms with Crippen molar-refractivity contribution in [3.8, 4) is 17.1 Å². The Kier molecular flexibility index (Phi) is 3.30. The maximum Gasteiger partial charge on any atom is 0.172 e. The third kappa shape index (κ3) is 2.11. The van der Waals surface area contributed by atoms with Crippen molar-refractivity contribution >= 4 is 29.5 Å². The van der Waals surface area contributed by atoms with Crippen molar-refractivity contribution < 1.29 is 9.21 Å². The molecule has 3 aromatic rings. The van der Waals surface area contributed by atoms with Crippen molar-refractivity contribution in [3.63, 3.8) is 0 Å². The van der Waals surface area contributed by atoms with Gasteiger partial charge in [0.05, 0.1) is 22.0 Å². The summed E-state index contributed by atoms with van der Waals surface area (Å²) >= 11 is 11.9. The highest BCUT2D eigenvalue weighted by atomic mass is 35.5. The van der Waals surface area contributed by atoms with E-state index in [-0.39, 0.29) is 5.69 Å². The van der Waals surface area contributed by atoms with Crippen molar-refractivity contribution in [2.24, 2.45) is 0 Å². The number of hydrogen-bond acceptors (Lipinski definition) is 4. The van der Waals surface area contributed by atoms with Crippen LogP contribution in [0.25, 0.3) is 17.1 Å². The summed E-state index contributed by atoms with van der Waals surface area (Å²) in [6.45, 7) is 0. The minimum Gasteiger partial charge on any atom is -0.463 e. The van der Waals surface area contributed by atoms with Gasteiger partial charge in [-0.15, -0.1) is 5.10 Å². The summed E-state index contributed by atoms with van der Waals surface area (Å²) in [5, 5.41) is 8.61. The number of carbonyl (C=O) groups is 1. The fraction of sp³-hybridized carbons (Fsp3) is 0. The number of carbonyl (C=O) groups excluding carboxylic acids is 1. The average molecular weight is 308 g/mol. The Hall–Kier alpha value is -2.11. The first-order valence-corrected chi connectivity index (χ1v) is 6.36. The number of hydrogen-bond donors (Lipinski definition) is 0. The van der Waals surface area contributed by atoms with Gasteiger partial charge in [-0.05, 0) is 30.3 Å². The molecule has 2 heterocycles. The predicted octanol–water partition coefficient (Wildman–Crippen LogP) is 3.65. The topological polar surface area (TPSA) is 60.9 Å². The van der Waals surface area contributed by atoms with Crippen LogP contribution in [0, 0.1) is 0 Å². The lowest BCUT2D eigenvalue weighted by Gasteiger charge is -2.06. The molecule has 0 N–H and O–H groups in total. The van der Waals surface area contributed by atoms with Gasteiger partial charge < -0.3 is 4.42 Å². The SMILES string of the molecule is O=Cc1nnn(-c2ccc(Cl)c(Cl)c2)c1-c1ccco1. The van der Waals surface area contributed by atoms with Crippen LogP contribution in [-0.4, -0.2) is 21.3 Å². The van der Waals surface area contributed by atoms with Crippen LogP contribution < -0.4 is 0 Å². The molecule has 0 radical (unpaired) electrons. The minimum atomic E-state index is 0.186. The maximum atomic E-state index is 11.1. The summed E-state index contributed by atoms with van der Waals surface area (Å²) in [6, 6.07) is 8.45. The summed E-state index contributed by atoms with van der Waals surface area (Å²) in [4.78, 5) is 11.1. The van der Waals surface area contributed by atoms with Crippen LogP contribution in [0.5, 0.6) is 0 Å². The van der Waals surface area contributed by atoms with Gasteiger partial charge in [0.1, 0.15) is 5.69 Å². The van der Waals surface area contributed by atoms with Crippen molar-refractivity contribution in [1.82, 2.24) is 15.0 Å². The molecular formula is C13H7Cl2N3O2.